The molecule has 0 spiro atoms. The molecule has 0 aliphatic rings. The Morgan fingerprint density at radius 2 is 1.90 bits per heavy atom. The van der Waals surface area contributed by atoms with Crippen LogP contribution in [0.4, 0.5) is 13.2 Å². The predicted octanol–water partition coefficient (Wildman–Crippen LogP) is 3.66. The Labute approximate surface area is 136 Å². The molecule has 0 bridgehead atoms. The van der Waals surface area contributed by atoms with Crippen LogP contribution in [-0.4, -0.2) is 39.0 Å². The van der Waals surface area contributed by atoms with Crippen LogP contribution in [0.5, 0.6) is 0 Å². The standard InChI is InChI=1S/C10H7BrCl2F3NO3S/c1-17(4-10(14,15)16)9(18)6-2-5(11)3-7(8(6)12)21(13,19)20/h2-3H,4H2,1H3. The van der Waals surface area contributed by atoms with E-state index in [1.54, 1.807) is 0 Å². The topological polar surface area (TPSA) is 54.5 Å². The average Bonchev–Trinajstić information content (AvgIpc) is 2.27. The van der Waals surface area contributed by atoms with Crippen molar-refractivity contribution in [2.75, 3.05) is 13.6 Å². The summed E-state index contributed by atoms with van der Waals surface area (Å²) in [6.45, 7) is -1.50. The summed E-state index contributed by atoms with van der Waals surface area (Å²) in [7, 11) is 1.82. The Hall–Kier alpha value is -0.510. The molecule has 0 unspecified atom stereocenters. The van der Waals surface area contributed by atoms with E-state index in [2.05, 4.69) is 15.9 Å². The number of benzene rings is 1. The minimum absolute atomic E-state index is 0.134. The number of hydrogen-bond acceptors (Lipinski definition) is 3. The summed E-state index contributed by atoms with van der Waals surface area (Å²) in [5, 5.41) is -0.535. The molecule has 21 heavy (non-hydrogen) atoms. The van der Waals surface area contributed by atoms with Gasteiger partial charge in [0.15, 0.2) is 0 Å². The van der Waals surface area contributed by atoms with Crippen LogP contribution in [-0.2, 0) is 9.05 Å². The van der Waals surface area contributed by atoms with Gasteiger partial charge in [-0.3, -0.25) is 4.79 Å². The van der Waals surface area contributed by atoms with Crippen molar-refractivity contribution in [1.29, 1.82) is 0 Å². The third-order valence-corrected chi connectivity index (χ3v) is 4.58. The van der Waals surface area contributed by atoms with Crippen molar-refractivity contribution in [3.05, 3.63) is 27.2 Å². The van der Waals surface area contributed by atoms with Crippen molar-refractivity contribution in [2.24, 2.45) is 0 Å². The van der Waals surface area contributed by atoms with Gasteiger partial charge in [-0.1, -0.05) is 27.5 Å². The van der Waals surface area contributed by atoms with Crippen LogP contribution < -0.4 is 0 Å². The van der Waals surface area contributed by atoms with E-state index in [1.165, 1.54) is 0 Å². The van der Waals surface area contributed by atoms with Gasteiger partial charge in [-0.2, -0.15) is 13.2 Å². The fraction of sp³-hybridized carbons (Fsp3) is 0.300. The van der Waals surface area contributed by atoms with Gasteiger partial charge in [-0.05, 0) is 12.1 Å². The summed E-state index contributed by atoms with van der Waals surface area (Å²) in [5.74, 6) is -1.08. The van der Waals surface area contributed by atoms with Gasteiger partial charge >= 0.3 is 6.18 Å². The number of carbonyl (C=O) groups excluding carboxylic acids is 1. The van der Waals surface area contributed by atoms with Crippen molar-refractivity contribution in [3.63, 3.8) is 0 Å². The Morgan fingerprint density at radius 3 is 2.33 bits per heavy atom. The minimum atomic E-state index is -4.59. The van der Waals surface area contributed by atoms with Gasteiger partial charge in [-0.25, -0.2) is 8.42 Å². The number of hydrogen-bond donors (Lipinski definition) is 0. The summed E-state index contributed by atoms with van der Waals surface area (Å²) in [5.41, 5.74) is -0.406. The van der Waals surface area contributed by atoms with Gasteiger partial charge in [0.25, 0.3) is 15.0 Å². The maximum absolute atomic E-state index is 12.3. The lowest BCUT2D eigenvalue weighted by molar-refractivity contribution is -0.138. The molecule has 1 rings (SSSR count). The lowest BCUT2D eigenvalue weighted by Crippen LogP contribution is -2.36. The number of amides is 1. The first kappa shape index (κ1) is 18.5. The maximum Gasteiger partial charge on any atom is 0.406 e. The number of rotatable bonds is 3. The molecule has 0 N–H and O–H groups in total. The van der Waals surface area contributed by atoms with E-state index in [0.717, 1.165) is 19.2 Å². The first-order chi connectivity index (χ1) is 9.33. The molecular weight excluding hydrogens is 422 g/mol. The molecule has 0 aliphatic carbocycles. The molecule has 0 saturated carbocycles. The van der Waals surface area contributed by atoms with Gasteiger partial charge in [-0.15, -0.1) is 0 Å². The summed E-state index contributed by atoms with van der Waals surface area (Å²) >= 11 is 8.71. The molecule has 1 aromatic carbocycles. The first-order valence-corrected chi connectivity index (χ1v) is 8.57. The van der Waals surface area contributed by atoms with Gasteiger partial charge in [0.2, 0.25) is 0 Å². The van der Waals surface area contributed by atoms with E-state index in [9.17, 15) is 26.4 Å². The molecule has 4 nitrogen and oxygen atoms in total. The van der Waals surface area contributed by atoms with Crippen LogP contribution in [0.15, 0.2) is 21.5 Å². The number of alkyl halides is 3. The Bertz CT molecular complexity index is 679. The third-order valence-electron chi connectivity index (χ3n) is 2.26. The van der Waals surface area contributed by atoms with E-state index in [4.69, 9.17) is 22.3 Å². The van der Waals surface area contributed by atoms with E-state index in [-0.39, 0.29) is 4.47 Å². The molecule has 0 fully saturated rings. The molecule has 0 aliphatic heterocycles. The summed E-state index contributed by atoms with van der Waals surface area (Å²) in [6.07, 6.45) is -4.59. The molecule has 0 saturated heterocycles. The highest BCUT2D eigenvalue weighted by atomic mass is 79.9. The van der Waals surface area contributed by atoms with Crippen molar-refractivity contribution in [3.8, 4) is 0 Å². The van der Waals surface area contributed by atoms with Crippen LogP contribution in [0.25, 0.3) is 0 Å². The quantitative estimate of drug-likeness (QED) is 0.690. The fourth-order valence-corrected chi connectivity index (χ4v) is 3.62. The van der Waals surface area contributed by atoms with Crippen LogP contribution in [0.2, 0.25) is 5.02 Å². The molecular formula is C10H7BrCl2F3NO3S. The highest BCUT2D eigenvalue weighted by molar-refractivity contribution is 9.10. The molecule has 1 aromatic rings. The largest absolute Gasteiger partial charge is 0.406 e. The summed E-state index contributed by atoms with van der Waals surface area (Å²) in [4.78, 5) is 11.8. The summed E-state index contributed by atoms with van der Waals surface area (Å²) in [6, 6.07) is 2.16. The maximum atomic E-state index is 12.3. The van der Waals surface area contributed by atoms with Crippen molar-refractivity contribution < 1.29 is 26.4 Å². The molecule has 0 radical (unpaired) electrons. The highest BCUT2D eigenvalue weighted by Gasteiger charge is 2.33. The Morgan fingerprint density at radius 1 is 1.38 bits per heavy atom. The molecule has 0 aromatic heterocycles. The second kappa shape index (κ2) is 6.31. The average molecular weight is 429 g/mol. The second-order valence-corrected chi connectivity index (χ2v) is 7.81. The monoisotopic (exact) mass is 427 g/mol. The SMILES string of the molecule is CN(CC(F)(F)F)C(=O)c1cc(Br)cc(S(=O)(=O)Cl)c1Cl. The molecule has 118 valence electrons. The molecule has 0 atom stereocenters. The van der Waals surface area contributed by atoms with Crippen molar-refractivity contribution >= 4 is 53.2 Å². The highest BCUT2D eigenvalue weighted by Crippen LogP contribution is 2.32. The number of halogens is 6. The van der Waals surface area contributed by atoms with E-state index >= 15 is 0 Å². The Kier molecular flexibility index (Phi) is 5.57. The first-order valence-electron chi connectivity index (χ1n) is 5.09. The molecule has 1 amide bonds. The third kappa shape index (κ3) is 5.01. The van der Waals surface area contributed by atoms with Crippen LogP contribution in [0.1, 0.15) is 10.4 Å². The smallest absolute Gasteiger partial charge is 0.333 e. The fourth-order valence-electron chi connectivity index (χ4n) is 1.44. The van der Waals surface area contributed by atoms with Gasteiger partial charge < -0.3 is 4.90 Å². The van der Waals surface area contributed by atoms with Crippen molar-refractivity contribution in [2.45, 2.75) is 11.1 Å². The van der Waals surface area contributed by atoms with E-state index in [1.807, 2.05) is 0 Å². The lowest BCUT2D eigenvalue weighted by Gasteiger charge is -2.20. The lowest BCUT2D eigenvalue weighted by atomic mass is 10.2. The normalized spacial score (nSPS) is 12.3. The van der Waals surface area contributed by atoms with Gasteiger partial charge in [0.1, 0.15) is 11.4 Å². The predicted molar refractivity (Wildman–Crippen MR) is 75.2 cm³/mol. The number of carbonyl (C=O) groups is 1. The van der Waals surface area contributed by atoms with Crippen LogP contribution >= 0.6 is 38.2 Å². The zero-order chi connectivity index (χ0) is 16.6. The summed E-state index contributed by atoms with van der Waals surface area (Å²) < 4.78 is 59.6. The van der Waals surface area contributed by atoms with E-state index < -0.39 is 43.2 Å². The second-order valence-electron chi connectivity index (χ2n) is 3.98. The zero-order valence-corrected chi connectivity index (χ0v) is 14.1. The number of nitrogens with zero attached hydrogens (tertiary/aromatic N) is 1. The van der Waals surface area contributed by atoms with Gasteiger partial charge in [0.05, 0.1) is 10.6 Å². The Balaban J connectivity index is 3.32. The van der Waals surface area contributed by atoms with E-state index in [0.29, 0.717) is 4.90 Å². The molecule has 11 heteroatoms. The van der Waals surface area contributed by atoms with Gasteiger partial charge in [0, 0.05) is 22.2 Å². The zero-order valence-electron chi connectivity index (χ0n) is 10.2. The van der Waals surface area contributed by atoms with Crippen LogP contribution in [0.3, 0.4) is 0 Å². The minimum Gasteiger partial charge on any atom is -0.333 e. The molecule has 0 heterocycles. The van der Waals surface area contributed by atoms with Crippen molar-refractivity contribution in [1.82, 2.24) is 4.90 Å². The van der Waals surface area contributed by atoms with Crippen LogP contribution in [0, 0.1) is 0 Å².